The highest BCUT2D eigenvalue weighted by molar-refractivity contribution is 7.80. The molecule has 2 aromatic heterocycles. The van der Waals surface area contributed by atoms with Gasteiger partial charge in [0.05, 0.1) is 25.7 Å². The van der Waals surface area contributed by atoms with Crippen molar-refractivity contribution < 1.29 is 4.74 Å². The number of aromatic nitrogens is 1. The lowest BCUT2D eigenvalue weighted by Crippen LogP contribution is -2.35. The Morgan fingerprint density at radius 1 is 1.09 bits per heavy atom. The third-order valence-corrected chi connectivity index (χ3v) is 6.57. The Labute approximate surface area is 196 Å². The Morgan fingerprint density at radius 2 is 1.94 bits per heavy atom. The van der Waals surface area contributed by atoms with E-state index < -0.39 is 0 Å². The number of rotatable bonds is 7. The molecule has 7 heteroatoms. The van der Waals surface area contributed by atoms with E-state index in [1.807, 2.05) is 58.8 Å². The van der Waals surface area contributed by atoms with Crippen molar-refractivity contribution in [3.8, 4) is 5.75 Å². The Bertz CT molecular complexity index is 1280. The number of pyridine rings is 1. The van der Waals surface area contributed by atoms with Gasteiger partial charge in [0.1, 0.15) is 5.75 Å². The summed E-state index contributed by atoms with van der Waals surface area (Å²) >= 11 is 7.47. The second-order valence-corrected chi connectivity index (χ2v) is 8.87. The second kappa shape index (κ2) is 9.97. The van der Waals surface area contributed by atoms with Crippen LogP contribution in [0.3, 0.4) is 0 Å². The molecule has 0 unspecified atom stereocenters. The summed E-state index contributed by atoms with van der Waals surface area (Å²) in [4.78, 5) is 19.1. The Hall–Kier alpha value is -3.16. The van der Waals surface area contributed by atoms with Crippen LogP contribution in [0.1, 0.15) is 22.9 Å². The second-order valence-electron chi connectivity index (χ2n) is 7.45. The van der Waals surface area contributed by atoms with Crippen LogP contribution in [-0.2, 0) is 19.5 Å². The summed E-state index contributed by atoms with van der Waals surface area (Å²) in [5.74, 6) is 0.709. The van der Waals surface area contributed by atoms with Crippen LogP contribution >= 0.6 is 23.6 Å². The number of hydrogen-bond donors (Lipinski definition) is 2. The standard InChI is InChI=1S/C25H25N3O2S2/c1-3-17-7-4-5-9-22(17)27-25(31)28(16-21-8-6-12-32-21)15-19-13-18-10-11-20(30-2)14-23(18)26-24(19)29/h4-14H,3,15-16H2,1-2H3,(H,26,29)(H,27,31). The van der Waals surface area contributed by atoms with Gasteiger partial charge in [0.15, 0.2) is 5.11 Å². The summed E-state index contributed by atoms with van der Waals surface area (Å²) in [6, 6.07) is 19.9. The van der Waals surface area contributed by atoms with Gasteiger partial charge in [-0.15, -0.1) is 11.3 Å². The number of benzene rings is 2. The van der Waals surface area contributed by atoms with Crippen molar-refractivity contribution in [3.63, 3.8) is 0 Å². The van der Waals surface area contributed by atoms with Crippen molar-refractivity contribution in [1.82, 2.24) is 9.88 Å². The number of aryl methyl sites for hydroxylation is 1. The van der Waals surface area contributed by atoms with Crippen molar-refractivity contribution >= 4 is 45.3 Å². The molecule has 0 saturated heterocycles. The summed E-state index contributed by atoms with van der Waals surface area (Å²) in [5.41, 5.74) is 3.48. The van der Waals surface area contributed by atoms with Gasteiger partial charge in [-0.2, -0.15) is 0 Å². The molecule has 0 saturated carbocycles. The van der Waals surface area contributed by atoms with Gasteiger partial charge < -0.3 is 19.9 Å². The van der Waals surface area contributed by atoms with Gasteiger partial charge in [-0.25, -0.2) is 0 Å². The maximum atomic E-state index is 12.9. The highest BCUT2D eigenvalue weighted by Gasteiger charge is 2.16. The number of thiocarbonyl (C=S) groups is 1. The fourth-order valence-corrected chi connectivity index (χ4v) is 4.57. The normalized spacial score (nSPS) is 10.8. The van der Waals surface area contributed by atoms with Gasteiger partial charge in [0.2, 0.25) is 0 Å². The molecule has 2 heterocycles. The lowest BCUT2D eigenvalue weighted by atomic mass is 10.1. The largest absolute Gasteiger partial charge is 0.497 e. The van der Waals surface area contributed by atoms with E-state index in [-0.39, 0.29) is 5.56 Å². The van der Waals surface area contributed by atoms with Crippen molar-refractivity contribution in [1.29, 1.82) is 0 Å². The third kappa shape index (κ3) is 5.00. The Kier molecular flexibility index (Phi) is 6.87. The first-order chi connectivity index (χ1) is 15.6. The molecule has 4 aromatic rings. The monoisotopic (exact) mass is 463 g/mol. The summed E-state index contributed by atoms with van der Waals surface area (Å²) in [7, 11) is 1.61. The summed E-state index contributed by atoms with van der Waals surface area (Å²) in [5, 5.41) is 6.99. The van der Waals surface area contributed by atoms with E-state index in [2.05, 4.69) is 29.4 Å². The number of anilines is 1. The number of aromatic amines is 1. The minimum Gasteiger partial charge on any atom is -0.497 e. The molecule has 2 N–H and O–H groups in total. The van der Waals surface area contributed by atoms with Crippen LogP contribution in [0.25, 0.3) is 10.9 Å². The first kappa shape index (κ1) is 22.0. The van der Waals surface area contributed by atoms with Crippen LogP contribution in [0.15, 0.2) is 70.8 Å². The molecule has 4 rings (SSSR count). The topological polar surface area (TPSA) is 57.4 Å². The van der Waals surface area contributed by atoms with Gasteiger partial charge in [0.25, 0.3) is 5.56 Å². The molecule has 0 aliphatic carbocycles. The average molecular weight is 464 g/mol. The molecule has 32 heavy (non-hydrogen) atoms. The maximum absolute atomic E-state index is 12.9. The van der Waals surface area contributed by atoms with E-state index >= 15 is 0 Å². The Morgan fingerprint density at radius 3 is 2.69 bits per heavy atom. The van der Waals surface area contributed by atoms with E-state index in [9.17, 15) is 4.79 Å². The number of nitrogens with zero attached hydrogens (tertiary/aromatic N) is 1. The number of methoxy groups -OCH3 is 1. The molecule has 164 valence electrons. The van der Waals surface area contributed by atoms with Crippen molar-refractivity contribution in [2.75, 3.05) is 12.4 Å². The number of thiophene rings is 1. The maximum Gasteiger partial charge on any atom is 0.253 e. The quantitative estimate of drug-likeness (QED) is 0.352. The predicted octanol–water partition coefficient (Wildman–Crippen LogP) is 5.56. The number of H-pyrrole nitrogens is 1. The fraction of sp³-hybridized carbons (Fsp3) is 0.200. The smallest absolute Gasteiger partial charge is 0.253 e. The summed E-state index contributed by atoms with van der Waals surface area (Å²) in [6.07, 6.45) is 0.907. The van der Waals surface area contributed by atoms with E-state index in [1.165, 1.54) is 10.4 Å². The molecule has 0 spiro atoms. The molecular weight excluding hydrogens is 438 g/mol. The molecular formula is C25H25N3O2S2. The van der Waals surface area contributed by atoms with Gasteiger partial charge in [-0.3, -0.25) is 4.79 Å². The van der Waals surface area contributed by atoms with Crippen molar-refractivity contribution in [2.24, 2.45) is 0 Å². The molecule has 0 fully saturated rings. The van der Waals surface area contributed by atoms with Crippen molar-refractivity contribution in [3.05, 3.63) is 92.4 Å². The van der Waals surface area contributed by atoms with Gasteiger partial charge in [-0.1, -0.05) is 31.2 Å². The zero-order valence-electron chi connectivity index (χ0n) is 18.1. The predicted molar refractivity (Wildman–Crippen MR) is 137 cm³/mol. The van der Waals surface area contributed by atoms with Crippen LogP contribution in [0, 0.1) is 0 Å². The van der Waals surface area contributed by atoms with E-state index in [0.717, 1.165) is 23.0 Å². The van der Waals surface area contributed by atoms with Crippen LogP contribution in [-0.4, -0.2) is 22.1 Å². The SMILES string of the molecule is CCc1ccccc1NC(=S)N(Cc1cccs1)Cc1cc2ccc(OC)cc2[nH]c1=O. The lowest BCUT2D eigenvalue weighted by molar-refractivity contribution is 0.414. The summed E-state index contributed by atoms with van der Waals surface area (Å²) < 4.78 is 5.27. The highest BCUT2D eigenvalue weighted by atomic mass is 32.1. The molecule has 5 nitrogen and oxygen atoms in total. The van der Waals surface area contributed by atoms with Crippen LogP contribution in [0.4, 0.5) is 5.69 Å². The van der Waals surface area contributed by atoms with Crippen molar-refractivity contribution in [2.45, 2.75) is 26.4 Å². The van der Waals surface area contributed by atoms with Gasteiger partial charge in [0, 0.05) is 22.2 Å². The van der Waals surface area contributed by atoms with E-state index in [0.29, 0.717) is 29.5 Å². The fourth-order valence-electron chi connectivity index (χ4n) is 3.61. The van der Waals surface area contributed by atoms with Gasteiger partial charge in [-0.05, 0) is 65.3 Å². The highest BCUT2D eigenvalue weighted by Crippen LogP contribution is 2.21. The zero-order valence-corrected chi connectivity index (χ0v) is 19.7. The van der Waals surface area contributed by atoms with Gasteiger partial charge >= 0.3 is 0 Å². The Balaban J connectivity index is 1.64. The first-order valence-electron chi connectivity index (χ1n) is 10.4. The molecule has 2 aromatic carbocycles. The number of para-hydroxylation sites is 1. The molecule has 0 atom stereocenters. The molecule has 0 amide bonds. The van der Waals surface area contributed by atoms with E-state index in [1.54, 1.807) is 18.4 Å². The lowest BCUT2D eigenvalue weighted by Gasteiger charge is -2.26. The van der Waals surface area contributed by atoms with Crippen LogP contribution < -0.4 is 15.6 Å². The van der Waals surface area contributed by atoms with Crippen LogP contribution in [0.5, 0.6) is 5.75 Å². The number of nitrogens with one attached hydrogen (secondary N) is 2. The molecule has 0 radical (unpaired) electrons. The number of fused-ring (bicyclic) bond motifs is 1. The third-order valence-electron chi connectivity index (χ3n) is 5.35. The summed E-state index contributed by atoms with van der Waals surface area (Å²) in [6.45, 7) is 3.14. The molecule has 0 bridgehead atoms. The van der Waals surface area contributed by atoms with E-state index in [4.69, 9.17) is 17.0 Å². The zero-order chi connectivity index (χ0) is 22.5. The minimum atomic E-state index is -0.126. The minimum absolute atomic E-state index is 0.126. The average Bonchev–Trinajstić information content (AvgIpc) is 3.32. The number of hydrogen-bond acceptors (Lipinski definition) is 4. The molecule has 0 aliphatic heterocycles. The first-order valence-corrected chi connectivity index (χ1v) is 11.7. The number of ether oxygens (including phenoxy) is 1. The molecule has 0 aliphatic rings. The van der Waals surface area contributed by atoms with Crippen LogP contribution in [0.2, 0.25) is 0 Å².